The summed E-state index contributed by atoms with van der Waals surface area (Å²) in [4.78, 5) is 3.17. The standard InChI is InChI=1S/C10H10Cl2N2/c11-8-3-7-6(1-2-13)5-14-10(7)4-9(8)12/h3-5,14H,1-2,13H2/p+1. The average molecular weight is 230 g/mol. The summed E-state index contributed by atoms with van der Waals surface area (Å²) in [6.07, 6.45) is 2.94. The van der Waals surface area contributed by atoms with Gasteiger partial charge in [-0.05, 0) is 17.7 Å². The minimum Gasteiger partial charge on any atom is -0.361 e. The van der Waals surface area contributed by atoms with Crippen LogP contribution in [0.3, 0.4) is 0 Å². The van der Waals surface area contributed by atoms with Crippen molar-refractivity contribution in [1.29, 1.82) is 0 Å². The van der Waals surface area contributed by atoms with Gasteiger partial charge in [0.1, 0.15) is 0 Å². The molecule has 0 saturated heterocycles. The number of halogens is 2. The van der Waals surface area contributed by atoms with Crippen LogP contribution in [0.1, 0.15) is 5.56 Å². The molecular formula is C10H11Cl2N2+. The van der Waals surface area contributed by atoms with E-state index in [1.165, 1.54) is 5.56 Å². The zero-order valence-electron chi connectivity index (χ0n) is 7.61. The lowest BCUT2D eigenvalue weighted by molar-refractivity contribution is -0.366. The van der Waals surface area contributed by atoms with Crippen molar-refractivity contribution in [3.63, 3.8) is 0 Å². The summed E-state index contributed by atoms with van der Waals surface area (Å²) in [7, 11) is 0. The molecule has 0 radical (unpaired) electrons. The quantitative estimate of drug-likeness (QED) is 0.794. The Labute approximate surface area is 92.0 Å². The molecule has 4 heteroatoms. The number of quaternary nitrogens is 1. The third-order valence-corrected chi connectivity index (χ3v) is 2.98. The van der Waals surface area contributed by atoms with Crippen molar-refractivity contribution in [1.82, 2.24) is 4.98 Å². The van der Waals surface area contributed by atoms with E-state index < -0.39 is 0 Å². The van der Waals surface area contributed by atoms with Gasteiger partial charge in [-0.15, -0.1) is 0 Å². The van der Waals surface area contributed by atoms with Crippen LogP contribution in [0.4, 0.5) is 0 Å². The molecule has 1 heterocycles. The van der Waals surface area contributed by atoms with Crippen molar-refractivity contribution < 1.29 is 5.73 Å². The highest BCUT2D eigenvalue weighted by atomic mass is 35.5. The number of hydrogen-bond donors (Lipinski definition) is 2. The Balaban J connectivity index is 2.61. The number of fused-ring (bicyclic) bond motifs is 1. The molecule has 2 nitrogen and oxygen atoms in total. The van der Waals surface area contributed by atoms with Crippen molar-refractivity contribution in [2.75, 3.05) is 6.54 Å². The molecule has 1 aromatic carbocycles. The van der Waals surface area contributed by atoms with Gasteiger partial charge in [0.2, 0.25) is 0 Å². The Morgan fingerprint density at radius 2 is 1.93 bits per heavy atom. The molecule has 0 amide bonds. The van der Waals surface area contributed by atoms with Gasteiger partial charge in [-0.2, -0.15) is 0 Å². The summed E-state index contributed by atoms with van der Waals surface area (Å²) < 4.78 is 0. The molecule has 2 aromatic rings. The van der Waals surface area contributed by atoms with Crippen molar-refractivity contribution >= 4 is 34.1 Å². The monoisotopic (exact) mass is 229 g/mol. The van der Waals surface area contributed by atoms with Crippen LogP contribution in [-0.2, 0) is 6.42 Å². The van der Waals surface area contributed by atoms with E-state index in [-0.39, 0.29) is 0 Å². The first kappa shape index (κ1) is 9.84. The van der Waals surface area contributed by atoms with Crippen LogP contribution < -0.4 is 5.73 Å². The molecule has 74 valence electrons. The number of H-pyrrole nitrogens is 1. The largest absolute Gasteiger partial charge is 0.361 e. The second-order valence-corrected chi connectivity index (χ2v) is 4.04. The molecule has 14 heavy (non-hydrogen) atoms. The smallest absolute Gasteiger partial charge is 0.0781 e. The molecular weight excluding hydrogens is 219 g/mol. The number of rotatable bonds is 2. The van der Waals surface area contributed by atoms with Crippen molar-refractivity contribution in [3.05, 3.63) is 33.9 Å². The summed E-state index contributed by atoms with van der Waals surface area (Å²) in [5.41, 5.74) is 6.11. The van der Waals surface area contributed by atoms with Crippen LogP contribution in [0.5, 0.6) is 0 Å². The van der Waals surface area contributed by atoms with Crippen molar-refractivity contribution in [3.8, 4) is 0 Å². The Morgan fingerprint density at radius 3 is 2.64 bits per heavy atom. The third-order valence-electron chi connectivity index (χ3n) is 2.25. The lowest BCUT2D eigenvalue weighted by Gasteiger charge is -1.98. The summed E-state index contributed by atoms with van der Waals surface area (Å²) in [6.45, 7) is 0.882. The van der Waals surface area contributed by atoms with Crippen LogP contribution in [0.2, 0.25) is 10.0 Å². The van der Waals surface area contributed by atoms with Crippen LogP contribution in [0, 0.1) is 0 Å². The highest BCUT2D eigenvalue weighted by Crippen LogP contribution is 2.29. The van der Waals surface area contributed by atoms with Gasteiger partial charge >= 0.3 is 0 Å². The fourth-order valence-corrected chi connectivity index (χ4v) is 1.90. The van der Waals surface area contributed by atoms with E-state index in [2.05, 4.69) is 10.7 Å². The topological polar surface area (TPSA) is 43.4 Å². The van der Waals surface area contributed by atoms with Crippen LogP contribution >= 0.6 is 23.2 Å². The minimum atomic E-state index is 0.585. The Hall–Kier alpha value is -0.700. The SMILES string of the molecule is [NH3+]CCc1c[nH]c2cc(Cl)c(Cl)cc12. The zero-order chi connectivity index (χ0) is 10.1. The summed E-state index contributed by atoms with van der Waals surface area (Å²) in [5, 5.41) is 2.33. The molecule has 0 saturated carbocycles. The molecule has 0 bridgehead atoms. The van der Waals surface area contributed by atoms with Crippen molar-refractivity contribution in [2.45, 2.75) is 6.42 Å². The highest BCUT2D eigenvalue weighted by molar-refractivity contribution is 6.42. The molecule has 0 spiro atoms. The summed E-state index contributed by atoms with van der Waals surface area (Å²) >= 11 is 11.9. The van der Waals surface area contributed by atoms with Crippen molar-refractivity contribution in [2.24, 2.45) is 0 Å². The summed E-state index contributed by atoms with van der Waals surface area (Å²) in [5.74, 6) is 0. The van der Waals surface area contributed by atoms with E-state index in [4.69, 9.17) is 23.2 Å². The molecule has 4 N–H and O–H groups in total. The third kappa shape index (κ3) is 1.61. The first-order valence-corrected chi connectivity index (χ1v) is 5.22. The minimum absolute atomic E-state index is 0.585. The van der Waals surface area contributed by atoms with Gasteiger partial charge in [0.25, 0.3) is 0 Å². The number of aromatic amines is 1. The predicted octanol–water partition coefficient (Wildman–Crippen LogP) is 2.26. The average Bonchev–Trinajstić information content (AvgIpc) is 2.51. The van der Waals surface area contributed by atoms with Gasteiger partial charge < -0.3 is 10.7 Å². The van der Waals surface area contributed by atoms with E-state index >= 15 is 0 Å². The van der Waals surface area contributed by atoms with Crippen LogP contribution in [-0.4, -0.2) is 11.5 Å². The van der Waals surface area contributed by atoms with Gasteiger partial charge in [-0.1, -0.05) is 23.2 Å². The normalized spacial score (nSPS) is 11.1. The molecule has 0 aliphatic rings. The van der Waals surface area contributed by atoms with E-state index in [1.54, 1.807) is 0 Å². The maximum Gasteiger partial charge on any atom is 0.0781 e. The first-order chi connectivity index (χ1) is 6.72. The lowest BCUT2D eigenvalue weighted by atomic mass is 10.1. The van der Waals surface area contributed by atoms with E-state index in [1.807, 2.05) is 18.3 Å². The number of aromatic nitrogens is 1. The Morgan fingerprint density at radius 1 is 1.21 bits per heavy atom. The second kappa shape index (κ2) is 3.81. The predicted molar refractivity (Wildman–Crippen MR) is 59.8 cm³/mol. The number of hydrogen-bond acceptors (Lipinski definition) is 0. The molecule has 0 unspecified atom stereocenters. The van der Waals surface area contributed by atoms with E-state index in [9.17, 15) is 0 Å². The molecule has 0 atom stereocenters. The van der Waals surface area contributed by atoms with Gasteiger partial charge in [-0.25, -0.2) is 0 Å². The Bertz CT molecular complexity index is 462. The maximum absolute atomic E-state index is 5.96. The Kier molecular flexibility index (Phi) is 2.68. The number of nitrogens with one attached hydrogen (secondary N) is 1. The second-order valence-electron chi connectivity index (χ2n) is 3.23. The van der Waals surface area contributed by atoms with Gasteiger partial charge in [0.05, 0.1) is 16.6 Å². The first-order valence-electron chi connectivity index (χ1n) is 4.46. The fraction of sp³-hybridized carbons (Fsp3) is 0.200. The van der Waals surface area contributed by atoms with Crippen LogP contribution in [0.15, 0.2) is 18.3 Å². The molecule has 2 rings (SSSR count). The number of benzene rings is 1. The maximum atomic E-state index is 5.96. The van der Waals surface area contributed by atoms with Gasteiger partial charge in [0.15, 0.2) is 0 Å². The van der Waals surface area contributed by atoms with Crippen LogP contribution in [0.25, 0.3) is 10.9 Å². The fourth-order valence-electron chi connectivity index (χ4n) is 1.57. The molecule has 0 fully saturated rings. The molecule has 0 aliphatic heterocycles. The zero-order valence-corrected chi connectivity index (χ0v) is 9.12. The van der Waals surface area contributed by atoms with E-state index in [0.29, 0.717) is 10.0 Å². The molecule has 0 aliphatic carbocycles. The van der Waals surface area contributed by atoms with E-state index in [0.717, 1.165) is 23.9 Å². The van der Waals surface area contributed by atoms with Gasteiger partial charge in [-0.3, -0.25) is 0 Å². The lowest BCUT2D eigenvalue weighted by Crippen LogP contribution is -2.51. The molecule has 1 aromatic heterocycles. The highest BCUT2D eigenvalue weighted by Gasteiger charge is 2.06. The van der Waals surface area contributed by atoms with Gasteiger partial charge in [0, 0.05) is 23.5 Å². The summed E-state index contributed by atoms with van der Waals surface area (Å²) in [6, 6.07) is 3.76.